The summed E-state index contributed by atoms with van der Waals surface area (Å²) in [5.74, 6) is 0.794. The van der Waals surface area contributed by atoms with Crippen molar-refractivity contribution in [3.05, 3.63) is 35.9 Å². The lowest BCUT2D eigenvalue weighted by Crippen LogP contribution is -2.24. The Labute approximate surface area is 93.1 Å². The van der Waals surface area contributed by atoms with Gasteiger partial charge in [0.25, 0.3) is 0 Å². The van der Waals surface area contributed by atoms with Gasteiger partial charge in [-0.05, 0) is 50.4 Å². The highest BCUT2D eigenvalue weighted by Crippen LogP contribution is 2.27. The van der Waals surface area contributed by atoms with E-state index in [1.54, 1.807) is 0 Å². The first kappa shape index (κ1) is 10.7. The molecule has 82 valence electrons. The number of rotatable bonds is 2. The molecule has 0 amide bonds. The maximum Gasteiger partial charge on any atom is -0.00130 e. The fourth-order valence-corrected chi connectivity index (χ4v) is 2.53. The average molecular weight is 203 g/mol. The van der Waals surface area contributed by atoms with Gasteiger partial charge in [-0.1, -0.05) is 37.3 Å². The van der Waals surface area contributed by atoms with E-state index in [0.29, 0.717) is 0 Å². The van der Waals surface area contributed by atoms with Crippen LogP contribution in [0.4, 0.5) is 0 Å². The predicted molar refractivity (Wildman–Crippen MR) is 65.1 cm³/mol. The van der Waals surface area contributed by atoms with Gasteiger partial charge in [-0.2, -0.15) is 0 Å². The third-order valence-electron chi connectivity index (χ3n) is 3.54. The normalized spacial score (nSPS) is 23.7. The molecule has 2 rings (SSSR count). The van der Waals surface area contributed by atoms with Crippen molar-refractivity contribution in [1.82, 2.24) is 4.90 Å². The molecule has 1 aromatic rings. The zero-order valence-electron chi connectivity index (χ0n) is 9.65. The molecule has 0 radical (unpaired) electrons. The van der Waals surface area contributed by atoms with Crippen molar-refractivity contribution in [3.8, 4) is 0 Å². The monoisotopic (exact) mass is 203 g/mol. The summed E-state index contributed by atoms with van der Waals surface area (Å²) < 4.78 is 0. The molecule has 0 aromatic heterocycles. The van der Waals surface area contributed by atoms with Gasteiger partial charge in [0, 0.05) is 0 Å². The standard InChI is InChI=1S/C14H21N/c1-2-15-11-6-9-14(10-12-15)13-7-4-3-5-8-13/h3-5,7-8,14H,2,6,9-12H2,1H3. The van der Waals surface area contributed by atoms with Crippen molar-refractivity contribution in [2.24, 2.45) is 0 Å². The van der Waals surface area contributed by atoms with Crippen LogP contribution >= 0.6 is 0 Å². The molecule has 1 nitrogen and oxygen atoms in total. The Morgan fingerprint density at radius 3 is 2.67 bits per heavy atom. The second-order valence-electron chi connectivity index (χ2n) is 4.47. The summed E-state index contributed by atoms with van der Waals surface area (Å²) >= 11 is 0. The second-order valence-corrected chi connectivity index (χ2v) is 4.47. The minimum atomic E-state index is 0.794. The van der Waals surface area contributed by atoms with Crippen molar-refractivity contribution in [3.63, 3.8) is 0 Å². The Balaban J connectivity index is 2.00. The summed E-state index contributed by atoms with van der Waals surface area (Å²) in [5.41, 5.74) is 1.54. The summed E-state index contributed by atoms with van der Waals surface area (Å²) in [6.07, 6.45) is 4.05. The molecule has 0 N–H and O–H groups in total. The van der Waals surface area contributed by atoms with E-state index in [0.717, 1.165) is 5.92 Å². The molecule has 0 bridgehead atoms. The van der Waals surface area contributed by atoms with Gasteiger partial charge in [0.1, 0.15) is 0 Å². The summed E-state index contributed by atoms with van der Waals surface area (Å²) in [6, 6.07) is 11.0. The van der Waals surface area contributed by atoms with Crippen molar-refractivity contribution < 1.29 is 0 Å². The maximum atomic E-state index is 2.57. The van der Waals surface area contributed by atoms with Crippen LogP contribution in [0.25, 0.3) is 0 Å². The van der Waals surface area contributed by atoms with Crippen LogP contribution in [-0.4, -0.2) is 24.5 Å². The lowest BCUT2D eigenvalue weighted by Gasteiger charge is -2.17. The van der Waals surface area contributed by atoms with Gasteiger partial charge in [-0.25, -0.2) is 0 Å². The Morgan fingerprint density at radius 1 is 1.13 bits per heavy atom. The smallest absolute Gasteiger partial charge is 0.00130 e. The van der Waals surface area contributed by atoms with Crippen LogP contribution < -0.4 is 0 Å². The number of hydrogen-bond donors (Lipinski definition) is 0. The third kappa shape index (κ3) is 2.82. The molecule has 1 heteroatoms. The quantitative estimate of drug-likeness (QED) is 0.713. The van der Waals surface area contributed by atoms with Gasteiger partial charge in [-0.15, -0.1) is 0 Å². The molecule has 1 aliphatic heterocycles. The summed E-state index contributed by atoms with van der Waals surface area (Å²) in [5, 5.41) is 0. The fourth-order valence-electron chi connectivity index (χ4n) is 2.53. The van der Waals surface area contributed by atoms with Crippen molar-refractivity contribution >= 4 is 0 Å². The molecular weight excluding hydrogens is 182 g/mol. The molecule has 0 spiro atoms. The maximum absolute atomic E-state index is 2.57. The van der Waals surface area contributed by atoms with E-state index in [9.17, 15) is 0 Å². The average Bonchev–Trinajstić information content (AvgIpc) is 2.55. The van der Waals surface area contributed by atoms with E-state index in [2.05, 4.69) is 42.2 Å². The molecule has 0 saturated carbocycles. The Kier molecular flexibility index (Phi) is 3.79. The zero-order valence-corrected chi connectivity index (χ0v) is 9.65. The van der Waals surface area contributed by atoms with E-state index < -0.39 is 0 Å². The van der Waals surface area contributed by atoms with Crippen LogP contribution in [0.1, 0.15) is 37.7 Å². The Bertz CT molecular complexity index is 281. The van der Waals surface area contributed by atoms with E-state index >= 15 is 0 Å². The summed E-state index contributed by atoms with van der Waals surface area (Å²) in [7, 11) is 0. The zero-order chi connectivity index (χ0) is 10.5. The van der Waals surface area contributed by atoms with Gasteiger partial charge in [-0.3, -0.25) is 0 Å². The van der Waals surface area contributed by atoms with Crippen molar-refractivity contribution in [2.75, 3.05) is 19.6 Å². The van der Waals surface area contributed by atoms with Crippen LogP contribution in [0.2, 0.25) is 0 Å². The molecule has 1 saturated heterocycles. The fraction of sp³-hybridized carbons (Fsp3) is 0.571. The van der Waals surface area contributed by atoms with Crippen LogP contribution in [0.15, 0.2) is 30.3 Å². The first-order valence-corrected chi connectivity index (χ1v) is 6.17. The van der Waals surface area contributed by atoms with Gasteiger partial charge >= 0.3 is 0 Å². The summed E-state index contributed by atoms with van der Waals surface area (Å²) in [4.78, 5) is 2.57. The van der Waals surface area contributed by atoms with E-state index in [1.807, 2.05) is 0 Å². The lowest BCUT2D eigenvalue weighted by molar-refractivity contribution is 0.299. The molecule has 15 heavy (non-hydrogen) atoms. The molecule has 1 fully saturated rings. The van der Waals surface area contributed by atoms with Gasteiger partial charge in [0.05, 0.1) is 0 Å². The van der Waals surface area contributed by atoms with Crippen molar-refractivity contribution in [1.29, 1.82) is 0 Å². The number of nitrogens with zero attached hydrogens (tertiary/aromatic N) is 1. The molecule has 1 unspecified atom stereocenters. The first-order chi connectivity index (χ1) is 7.40. The molecule has 0 aliphatic carbocycles. The predicted octanol–water partition coefficient (Wildman–Crippen LogP) is 3.28. The van der Waals surface area contributed by atoms with Gasteiger partial charge in [0.2, 0.25) is 0 Å². The van der Waals surface area contributed by atoms with Crippen LogP contribution in [-0.2, 0) is 0 Å². The van der Waals surface area contributed by atoms with Crippen molar-refractivity contribution in [2.45, 2.75) is 32.1 Å². The van der Waals surface area contributed by atoms with E-state index in [4.69, 9.17) is 0 Å². The summed E-state index contributed by atoms with van der Waals surface area (Å²) in [6.45, 7) is 6.04. The molecular formula is C14H21N. The van der Waals surface area contributed by atoms with E-state index in [-0.39, 0.29) is 0 Å². The molecule has 1 aromatic carbocycles. The highest BCUT2D eigenvalue weighted by Gasteiger charge is 2.16. The SMILES string of the molecule is CCN1CCCC(c2ccccc2)CC1. The molecule has 1 atom stereocenters. The first-order valence-electron chi connectivity index (χ1n) is 6.17. The highest BCUT2D eigenvalue weighted by molar-refractivity contribution is 5.19. The van der Waals surface area contributed by atoms with Gasteiger partial charge in [0.15, 0.2) is 0 Å². The Morgan fingerprint density at radius 2 is 1.93 bits per heavy atom. The highest BCUT2D eigenvalue weighted by atomic mass is 15.1. The topological polar surface area (TPSA) is 3.24 Å². The number of likely N-dealkylation sites (tertiary alicyclic amines) is 1. The minimum absolute atomic E-state index is 0.794. The van der Waals surface area contributed by atoms with Gasteiger partial charge < -0.3 is 4.90 Å². The third-order valence-corrected chi connectivity index (χ3v) is 3.54. The second kappa shape index (κ2) is 5.32. The Hall–Kier alpha value is -0.820. The molecule has 1 heterocycles. The lowest BCUT2D eigenvalue weighted by atomic mass is 9.92. The van der Waals surface area contributed by atoms with Crippen LogP contribution in [0, 0.1) is 0 Å². The number of hydrogen-bond acceptors (Lipinski definition) is 1. The van der Waals surface area contributed by atoms with Crippen LogP contribution in [0.5, 0.6) is 0 Å². The largest absolute Gasteiger partial charge is 0.304 e. The number of benzene rings is 1. The van der Waals surface area contributed by atoms with E-state index in [1.165, 1.54) is 44.5 Å². The minimum Gasteiger partial charge on any atom is -0.304 e. The molecule has 1 aliphatic rings. The van der Waals surface area contributed by atoms with Crippen LogP contribution in [0.3, 0.4) is 0 Å².